The van der Waals surface area contributed by atoms with Crippen molar-refractivity contribution in [3.05, 3.63) is 41.6 Å². The summed E-state index contributed by atoms with van der Waals surface area (Å²) in [6, 6.07) is 9.49. The minimum Gasteiger partial charge on any atom is -0.378 e. The lowest BCUT2D eigenvalue weighted by Gasteiger charge is -2.26. The second-order valence-electron chi connectivity index (χ2n) is 5.37. The Kier molecular flexibility index (Phi) is 4.44. The Bertz CT molecular complexity index is 693. The van der Waals surface area contributed by atoms with E-state index in [1.54, 1.807) is 6.07 Å². The van der Waals surface area contributed by atoms with Gasteiger partial charge in [0.15, 0.2) is 6.29 Å². The first-order valence-corrected chi connectivity index (χ1v) is 7.46. The van der Waals surface area contributed by atoms with Gasteiger partial charge in [-0.2, -0.15) is 0 Å². The Labute approximate surface area is 128 Å². The average Bonchev–Trinajstić information content (AvgIpc) is 2.59. The minimum absolute atomic E-state index is 0.179. The molecule has 5 nitrogen and oxygen atoms in total. The van der Waals surface area contributed by atoms with Crippen LogP contribution in [-0.4, -0.2) is 48.4 Å². The Morgan fingerprint density at radius 2 is 2.05 bits per heavy atom. The molecule has 1 amide bonds. The van der Waals surface area contributed by atoms with Gasteiger partial charge >= 0.3 is 0 Å². The highest BCUT2D eigenvalue weighted by Crippen LogP contribution is 2.16. The number of amides is 1. The van der Waals surface area contributed by atoms with Crippen molar-refractivity contribution in [2.75, 3.05) is 26.3 Å². The molecule has 2 aromatic rings. The van der Waals surface area contributed by atoms with Crippen molar-refractivity contribution < 1.29 is 14.3 Å². The number of aromatic nitrogens is 1. The monoisotopic (exact) mass is 298 g/mol. The maximum Gasteiger partial charge on any atom is 0.223 e. The molecular weight excluding hydrogens is 280 g/mol. The van der Waals surface area contributed by atoms with Gasteiger partial charge in [-0.25, -0.2) is 4.98 Å². The van der Waals surface area contributed by atoms with E-state index in [1.807, 2.05) is 29.2 Å². The molecule has 1 saturated heterocycles. The summed E-state index contributed by atoms with van der Waals surface area (Å²) in [5, 5.41) is 0.988. The number of aryl methyl sites for hydroxylation is 1. The van der Waals surface area contributed by atoms with Crippen LogP contribution < -0.4 is 0 Å². The number of ether oxygens (including phenoxy) is 1. The Morgan fingerprint density at radius 1 is 1.23 bits per heavy atom. The van der Waals surface area contributed by atoms with E-state index >= 15 is 0 Å². The van der Waals surface area contributed by atoms with Crippen LogP contribution in [0.5, 0.6) is 0 Å². The fourth-order valence-electron chi connectivity index (χ4n) is 2.63. The molecule has 1 fully saturated rings. The van der Waals surface area contributed by atoms with E-state index in [0.717, 1.165) is 22.8 Å². The molecule has 1 aromatic heterocycles. The maximum absolute atomic E-state index is 12.1. The second kappa shape index (κ2) is 6.66. The Hall–Kier alpha value is -2.27. The van der Waals surface area contributed by atoms with Crippen LogP contribution in [-0.2, 0) is 16.0 Å². The van der Waals surface area contributed by atoms with Crippen LogP contribution in [0.2, 0.25) is 0 Å². The quantitative estimate of drug-likeness (QED) is 0.808. The number of benzene rings is 1. The summed E-state index contributed by atoms with van der Waals surface area (Å²) in [4.78, 5) is 29.0. The van der Waals surface area contributed by atoms with E-state index in [0.29, 0.717) is 44.8 Å². The number of rotatable bonds is 4. The molecule has 5 heteroatoms. The second-order valence-corrected chi connectivity index (χ2v) is 5.37. The van der Waals surface area contributed by atoms with Crippen molar-refractivity contribution in [2.45, 2.75) is 12.8 Å². The van der Waals surface area contributed by atoms with Crippen LogP contribution in [0.3, 0.4) is 0 Å². The SMILES string of the molecule is O=Cc1ccc2cc(CCC(=O)N3CCOCC3)ccc2n1. The number of hydrogen-bond acceptors (Lipinski definition) is 4. The number of carbonyl (C=O) groups is 2. The van der Waals surface area contributed by atoms with E-state index in [-0.39, 0.29) is 5.91 Å². The lowest BCUT2D eigenvalue weighted by molar-refractivity contribution is -0.135. The van der Waals surface area contributed by atoms with E-state index in [1.165, 1.54) is 0 Å². The minimum atomic E-state index is 0.179. The first-order valence-electron chi connectivity index (χ1n) is 7.46. The number of pyridine rings is 1. The number of morpholine rings is 1. The highest BCUT2D eigenvalue weighted by atomic mass is 16.5. The maximum atomic E-state index is 12.1. The van der Waals surface area contributed by atoms with Crippen LogP contribution >= 0.6 is 0 Å². The molecule has 1 aliphatic heterocycles. The third kappa shape index (κ3) is 3.31. The summed E-state index contributed by atoms with van der Waals surface area (Å²) in [6.07, 6.45) is 1.96. The molecule has 0 radical (unpaired) electrons. The number of nitrogens with zero attached hydrogens (tertiary/aromatic N) is 2. The topological polar surface area (TPSA) is 59.5 Å². The molecule has 0 atom stereocenters. The molecule has 0 unspecified atom stereocenters. The Balaban J connectivity index is 1.66. The van der Waals surface area contributed by atoms with Gasteiger partial charge < -0.3 is 9.64 Å². The van der Waals surface area contributed by atoms with Crippen molar-refractivity contribution in [1.29, 1.82) is 0 Å². The van der Waals surface area contributed by atoms with Crippen LogP contribution in [0.4, 0.5) is 0 Å². The summed E-state index contributed by atoms with van der Waals surface area (Å²) < 4.78 is 5.25. The third-order valence-corrected chi connectivity index (χ3v) is 3.89. The molecule has 0 aliphatic carbocycles. The van der Waals surface area contributed by atoms with Gasteiger partial charge in [0.1, 0.15) is 5.69 Å². The van der Waals surface area contributed by atoms with Crippen molar-refractivity contribution >= 4 is 23.1 Å². The molecule has 2 heterocycles. The van der Waals surface area contributed by atoms with Crippen molar-refractivity contribution in [1.82, 2.24) is 9.88 Å². The molecule has 0 bridgehead atoms. The fraction of sp³-hybridized carbons (Fsp3) is 0.353. The van der Waals surface area contributed by atoms with Crippen molar-refractivity contribution in [2.24, 2.45) is 0 Å². The molecule has 1 aromatic carbocycles. The molecule has 114 valence electrons. The summed E-state index contributed by atoms with van der Waals surface area (Å²) in [5.74, 6) is 0.179. The van der Waals surface area contributed by atoms with E-state index in [9.17, 15) is 9.59 Å². The number of hydrogen-bond donors (Lipinski definition) is 0. The fourth-order valence-corrected chi connectivity index (χ4v) is 2.63. The smallest absolute Gasteiger partial charge is 0.223 e. The van der Waals surface area contributed by atoms with Gasteiger partial charge in [0.2, 0.25) is 5.91 Å². The molecule has 0 spiro atoms. The number of fused-ring (bicyclic) bond motifs is 1. The molecule has 22 heavy (non-hydrogen) atoms. The summed E-state index contributed by atoms with van der Waals surface area (Å²) in [7, 11) is 0. The lowest BCUT2D eigenvalue weighted by atomic mass is 10.1. The van der Waals surface area contributed by atoms with Gasteiger partial charge in [0.25, 0.3) is 0 Å². The zero-order valence-electron chi connectivity index (χ0n) is 12.3. The summed E-state index contributed by atoms with van der Waals surface area (Å²) in [6.45, 7) is 2.64. The van der Waals surface area contributed by atoms with Gasteiger partial charge in [-0.1, -0.05) is 12.1 Å². The predicted octanol–water partition coefficient (Wildman–Crippen LogP) is 1.84. The Morgan fingerprint density at radius 3 is 2.82 bits per heavy atom. The summed E-state index contributed by atoms with van der Waals surface area (Å²) in [5.41, 5.74) is 2.34. The lowest BCUT2D eigenvalue weighted by Crippen LogP contribution is -2.40. The predicted molar refractivity (Wildman–Crippen MR) is 82.9 cm³/mol. The first kappa shape index (κ1) is 14.7. The van der Waals surface area contributed by atoms with Crippen molar-refractivity contribution in [3.63, 3.8) is 0 Å². The van der Waals surface area contributed by atoms with Crippen LogP contribution in [0.1, 0.15) is 22.5 Å². The molecule has 3 rings (SSSR count). The van der Waals surface area contributed by atoms with Gasteiger partial charge in [-0.05, 0) is 30.2 Å². The van der Waals surface area contributed by atoms with Gasteiger partial charge in [0, 0.05) is 24.9 Å². The van der Waals surface area contributed by atoms with E-state index < -0.39 is 0 Å². The number of aldehydes is 1. The van der Waals surface area contributed by atoms with E-state index in [4.69, 9.17) is 4.74 Å². The van der Waals surface area contributed by atoms with Crippen LogP contribution in [0, 0.1) is 0 Å². The van der Waals surface area contributed by atoms with Crippen molar-refractivity contribution in [3.8, 4) is 0 Å². The zero-order chi connectivity index (χ0) is 15.4. The van der Waals surface area contributed by atoms with Crippen LogP contribution in [0.25, 0.3) is 10.9 Å². The van der Waals surface area contributed by atoms with Gasteiger partial charge in [0.05, 0.1) is 18.7 Å². The molecular formula is C17H18N2O3. The molecule has 0 N–H and O–H groups in total. The first-order chi connectivity index (χ1) is 10.8. The normalized spacial score (nSPS) is 15.0. The highest BCUT2D eigenvalue weighted by molar-refractivity contribution is 5.84. The zero-order valence-corrected chi connectivity index (χ0v) is 12.3. The van der Waals surface area contributed by atoms with Crippen LogP contribution in [0.15, 0.2) is 30.3 Å². The van der Waals surface area contributed by atoms with Gasteiger partial charge in [-0.15, -0.1) is 0 Å². The number of carbonyl (C=O) groups excluding carboxylic acids is 2. The summed E-state index contributed by atoms with van der Waals surface area (Å²) >= 11 is 0. The van der Waals surface area contributed by atoms with E-state index in [2.05, 4.69) is 4.98 Å². The standard InChI is InChI=1S/C17H18N2O3/c20-12-15-4-3-14-11-13(1-5-16(14)18-15)2-6-17(21)19-7-9-22-10-8-19/h1,3-5,11-12H,2,6-10H2. The highest BCUT2D eigenvalue weighted by Gasteiger charge is 2.16. The van der Waals surface area contributed by atoms with Gasteiger partial charge in [-0.3, -0.25) is 9.59 Å². The molecule has 0 saturated carbocycles. The molecule has 1 aliphatic rings. The largest absolute Gasteiger partial charge is 0.378 e. The average molecular weight is 298 g/mol. The third-order valence-electron chi connectivity index (χ3n) is 3.89.